The van der Waals surface area contributed by atoms with Gasteiger partial charge in [-0.25, -0.2) is 4.39 Å². The molecular weight excluding hydrogens is 381 g/mol. The van der Waals surface area contributed by atoms with E-state index in [0.29, 0.717) is 5.56 Å². The van der Waals surface area contributed by atoms with Crippen LogP contribution >= 0.6 is 11.8 Å². The second-order valence-electron chi connectivity index (χ2n) is 6.20. The first-order valence-corrected chi connectivity index (χ1v) is 9.61. The number of thioether (sulfide) groups is 1. The van der Waals surface area contributed by atoms with Gasteiger partial charge in [0.15, 0.2) is 0 Å². The molecule has 1 amide bonds. The Balaban J connectivity index is 1.57. The molecule has 0 radical (unpaired) electrons. The first kappa shape index (κ1) is 19.9. The number of carbonyl (C=O) groups excluding carboxylic acids is 1. The highest BCUT2D eigenvalue weighted by Crippen LogP contribution is 2.27. The van der Waals surface area contributed by atoms with Gasteiger partial charge in [0.05, 0.1) is 18.9 Å². The summed E-state index contributed by atoms with van der Waals surface area (Å²) in [5.41, 5.74) is 2.62. The number of aryl methyl sites for hydroxylation is 1. The third kappa shape index (κ3) is 4.89. The standard InChI is InChI=1S/C20H20FN3O3S/c1-12-4-9-17(26-3)16(10-12)13(2)22-18(25)11-28-20-24-23-19(27-20)14-5-7-15(21)8-6-14/h4-10,13H,11H2,1-3H3,(H,22,25)/t13-/m0/s1. The Bertz CT molecular complexity index is 960. The number of halogens is 1. The van der Waals surface area contributed by atoms with Crippen molar-refractivity contribution in [3.63, 3.8) is 0 Å². The Morgan fingerprint density at radius 2 is 2.00 bits per heavy atom. The van der Waals surface area contributed by atoms with Gasteiger partial charge in [0, 0.05) is 11.1 Å². The van der Waals surface area contributed by atoms with Crippen molar-refractivity contribution in [2.75, 3.05) is 12.9 Å². The van der Waals surface area contributed by atoms with E-state index in [1.807, 2.05) is 32.0 Å². The molecular formula is C20H20FN3O3S. The minimum atomic E-state index is -0.339. The maximum Gasteiger partial charge on any atom is 0.277 e. The zero-order valence-electron chi connectivity index (χ0n) is 15.7. The molecule has 1 N–H and O–H groups in total. The molecule has 146 valence electrons. The second-order valence-corrected chi connectivity index (χ2v) is 7.13. The van der Waals surface area contributed by atoms with Crippen LogP contribution in [0.1, 0.15) is 24.1 Å². The molecule has 2 aromatic carbocycles. The summed E-state index contributed by atoms with van der Waals surface area (Å²) < 4.78 is 23.9. The van der Waals surface area contributed by atoms with Gasteiger partial charge in [-0.1, -0.05) is 29.5 Å². The van der Waals surface area contributed by atoms with Crippen LogP contribution in [0, 0.1) is 12.7 Å². The molecule has 0 fully saturated rings. The van der Waals surface area contributed by atoms with E-state index in [0.717, 1.165) is 28.6 Å². The van der Waals surface area contributed by atoms with E-state index in [-0.39, 0.29) is 34.6 Å². The van der Waals surface area contributed by atoms with Crippen LogP contribution in [0.4, 0.5) is 4.39 Å². The molecule has 3 rings (SSSR count). The zero-order valence-corrected chi connectivity index (χ0v) is 16.5. The number of amides is 1. The summed E-state index contributed by atoms with van der Waals surface area (Å²) in [5, 5.41) is 11.1. The number of nitrogens with one attached hydrogen (secondary N) is 1. The number of hydrogen-bond acceptors (Lipinski definition) is 6. The molecule has 6 nitrogen and oxygen atoms in total. The SMILES string of the molecule is COc1ccc(C)cc1[C@H](C)NC(=O)CSc1nnc(-c2ccc(F)cc2)o1. The molecule has 0 saturated heterocycles. The van der Waals surface area contributed by atoms with Crippen molar-refractivity contribution in [2.24, 2.45) is 0 Å². The summed E-state index contributed by atoms with van der Waals surface area (Å²) in [4.78, 5) is 12.3. The lowest BCUT2D eigenvalue weighted by atomic mass is 10.0. The normalized spacial score (nSPS) is 11.9. The molecule has 0 bridgehead atoms. The van der Waals surface area contributed by atoms with Crippen molar-refractivity contribution >= 4 is 17.7 Å². The van der Waals surface area contributed by atoms with E-state index in [9.17, 15) is 9.18 Å². The van der Waals surface area contributed by atoms with Crippen LogP contribution in [0.5, 0.6) is 5.75 Å². The minimum Gasteiger partial charge on any atom is -0.496 e. The largest absolute Gasteiger partial charge is 0.496 e. The fourth-order valence-electron chi connectivity index (χ4n) is 2.66. The first-order chi connectivity index (χ1) is 13.5. The highest BCUT2D eigenvalue weighted by atomic mass is 32.2. The summed E-state index contributed by atoms with van der Waals surface area (Å²) in [5.74, 6) is 0.632. The van der Waals surface area contributed by atoms with Crippen LogP contribution in [0.3, 0.4) is 0 Å². The van der Waals surface area contributed by atoms with Gasteiger partial charge in [-0.15, -0.1) is 10.2 Å². The van der Waals surface area contributed by atoms with Crippen LogP contribution in [0.15, 0.2) is 52.1 Å². The van der Waals surface area contributed by atoms with Crippen LogP contribution in [-0.2, 0) is 4.79 Å². The lowest BCUT2D eigenvalue weighted by Crippen LogP contribution is -2.28. The number of nitrogens with zero attached hydrogens (tertiary/aromatic N) is 2. The first-order valence-electron chi connectivity index (χ1n) is 8.62. The molecule has 1 heterocycles. The minimum absolute atomic E-state index is 0.128. The molecule has 3 aromatic rings. The van der Waals surface area contributed by atoms with E-state index in [1.165, 1.54) is 12.1 Å². The summed E-state index contributed by atoms with van der Waals surface area (Å²) in [6.07, 6.45) is 0. The van der Waals surface area contributed by atoms with Crippen molar-refractivity contribution in [1.82, 2.24) is 15.5 Å². The second kappa shape index (κ2) is 8.88. The van der Waals surface area contributed by atoms with Gasteiger partial charge in [-0.2, -0.15) is 0 Å². The molecule has 0 aliphatic carbocycles. The number of aromatic nitrogens is 2. The highest BCUT2D eigenvalue weighted by molar-refractivity contribution is 7.99. The molecule has 28 heavy (non-hydrogen) atoms. The van der Waals surface area contributed by atoms with Gasteiger partial charge < -0.3 is 14.5 Å². The Morgan fingerprint density at radius 1 is 1.25 bits per heavy atom. The van der Waals surface area contributed by atoms with Crippen LogP contribution in [-0.4, -0.2) is 29.0 Å². The number of ether oxygens (including phenoxy) is 1. The molecule has 0 unspecified atom stereocenters. The predicted octanol–water partition coefficient (Wildman–Crippen LogP) is 4.16. The molecule has 0 aliphatic heterocycles. The molecule has 1 aromatic heterocycles. The fraction of sp³-hybridized carbons (Fsp3) is 0.250. The monoisotopic (exact) mass is 401 g/mol. The van der Waals surface area contributed by atoms with Crippen molar-refractivity contribution in [3.8, 4) is 17.2 Å². The van der Waals surface area contributed by atoms with E-state index in [4.69, 9.17) is 9.15 Å². The van der Waals surface area contributed by atoms with Crippen LogP contribution < -0.4 is 10.1 Å². The smallest absolute Gasteiger partial charge is 0.277 e. The molecule has 8 heteroatoms. The van der Waals surface area contributed by atoms with Gasteiger partial charge in [-0.3, -0.25) is 4.79 Å². The average Bonchev–Trinajstić information content (AvgIpc) is 3.16. The van der Waals surface area contributed by atoms with Crippen LogP contribution in [0.25, 0.3) is 11.5 Å². The number of carbonyl (C=O) groups is 1. The number of hydrogen-bond donors (Lipinski definition) is 1. The van der Waals surface area contributed by atoms with Gasteiger partial charge in [0.2, 0.25) is 11.8 Å². The molecule has 0 spiro atoms. The lowest BCUT2D eigenvalue weighted by molar-refractivity contribution is -0.119. The maximum absolute atomic E-state index is 13.0. The Morgan fingerprint density at radius 3 is 2.71 bits per heavy atom. The van der Waals surface area contributed by atoms with Crippen molar-refractivity contribution in [1.29, 1.82) is 0 Å². The fourth-order valence-corrected chi connectivity index (χ4v) is 3.23. The number of rotatable bonds is 7. The highest BCUT2D eigenvalue weighted by Gasteiger charge is 2.16. The quantitative estimate of drug-likeness (QED) is 0.599. The van der Waals surface area contributed by atoms with Crippen molar-refractivity contribution < 1.29 is 18.3 Å². The number of methoxy groups -OCH3 is 1. The van der Waals surface area contributed by atoms with E-state index < -0.39 is 0 Å². The molecule has 0 aliphatic rings. The summed E-state index contributed by atoms with van der Waals surface area (Å²) in [6.45, 7) is 3.89. The Hall–Kier alpha value is -2.87. The third-order valence-electron chi connectivity index (χ3n) is 4.05. The topological polar surface area (TPSA) is 77.2 Å². The maximum atomic E-state index is 13.0. The lowest BCUT2D eigenvalue weighted by Gasteiger charge is -2.17. The van der Waals surface area contributed by atoms with Gasteiger partial charge in [0.1, 0.15) is 11.6 Å². The summed E-state index contributed by atoms with van der Waals surface area (Å²) >= 11 is 1.14. The van der Waals surface area contributed by atoms with Gasteiger partial charge >= 0.3 is 0 Å². The van der Waals surface area contributed by atoms with Gasteiger partial charge in [-0.05, 0) is 44.2 Å². The predicted molar refractivity (Wildman–Crippen MR) is 105 cm³/mol. The Labute approximate surface area is 166 Å². The molecule has 0 saturated carbocycles. The van der Waals surface area contributed by atoms with Gasteiger partial charge in [0.25, 0.3) is 5.22 Å². The van der Waals surface area contributed by atoms with Crippen LogP contribution in [0.2, 0.25) is 0 Å². The average molecular weight is 401 g/mol. The van der Waals surface area contributed by atoms with Crippen molar-refractivity contribution in [3.05, 3.63) is 59.4 Å². The molecule has 1 atom stereocenters. The summed E-state index contributed by atoms with van der Waals surface area (Å²) in [7, 11) is 1.60. The van der Waals surface area contributed by atoms with Crippen molar-refractivity contribution in [2.45, 2.75) is 25.1 Å². The Kier molecular flexibility index (Phi) is 6.30. The number of benzene rings is 2. The third-order valence-corrected chi connectivity index (χ3v) is 4.87. The van der Waals surface area contributed by atoms with E-state index in [2.05, 4.69) is 15.5 Å². The zero-order chi connectivity index (χ0) is 20.1. The van der Waals surface area contributed by atoms with E-state index >= 15 is 0 Å². The summed E-state index contributed by atoms with van der Waals surface area (Å²) in [6, 6.07) is 11.4. The van der Waals surface area contributed by atoms with E-state index in [1.54, 1.807) is 19.2 Å².